The lowest BCUT2D eigenvalue weighted by atomic mass is 10.1. The maximum atomic E-state index is 12.2. The lowest BCUT2D eigenvalue weighted by Crippen LogP contribution is -2.36. The highest BCUT2D eigenvalue weighted by Crippen LogP contribution is 2.37. The van der Waals surface area contributed by atoms with Crippen molar-refractivity contribution in [3.8, 4) is 0 Å². The van der Waals surface area contributed by atoms with E-state index in [0.717, 1.165) is 0 Å². The van der Waals surface area contributed by atoms with Gasteiger partial charge < -0.3 is 4.90 Å². The summed E-state index contributed by atoms with van der Waals surface area (Å²) in [7, 11) is -6.71. The number of benzene rings is 1. The van der Waals surface area contributed by atoms with E-state index in [1.165, 1.54) is 17.0 Å². The van der Waals surface area contributed by atoms with Crippen molar-refractivity contribution in [2.75, 3.05) is 16.4 Å². The van der Waals surface area contributed by atoms with E-state index < -0.39 is 19.9 Å². The van der Waals surface area contributed by atoms with Crippen molar-refractivity contribution in [3.63, 3.8) is 0 Å². The molecule has 2 atom stereocenters. The first-order valence-corrected chi connectivity index (χ1v) is 11.0. The molecule has 1 aromatic carbocycles. The topological polar surface area (TPSA) is 101 Å². The molecule has 7 nitrogen and oxygen atoms in total. The molecule has 1 N–H and O–H groups in total. The van der Waals surface area contributed by atoms with Gasteiger partial charge in [-0.1, -0.05) is 0 Å². The summed E-state index contributed by atoms with van der Waals surface area (Å²) in [6, 6.07) is 5.41. The van der Waals surface area contributed by atoms with Crippen LogP contribution in [0.2, 0.25) is 0 Å². The van der Waals surface area contributed by atoms with Gasteiger partial charge in [-0.05, 0) is 38.1 Å². The Morgan fingerprint density at radius 1 is 1.17 bits per heavy atom. The van der Waals surface area contributed by atoms with Gasteiger partial charge in [0.15, 0.2) is 9.84 Å². The zero-order chi connectivity index (χ0) is 17.7. The molecule has 2 saturated heterocycles. The molecular weight excluding hydrogens is 352 g/mol. The molecular formula is C15H20N2O5S2. The molecule has 0 unspecified atom stereocenters. The van der Waals surface area contributed by atoms with Gasteiger partial charge >= 0.3 is 0 Å². The van der Waals surface area contributed by atoms with Gasteiger partial charge in [0.2, 0.25) is 15.9 Å². The average molecular weight is 372 g/mol. The predicted octanol–water partition coefficient (Wildman–Crippen LogP) is 0.523. The molecule has 0 aliphatic carbocycles. The van der Waals surface area contributed by atoms with Gasteiger partial charge in [-0.15, -0.1) is 0 Å². The van der Waals surface area contributed by atoms with Gasteiger partial charge in [-0.25, -0.2) is 21.6 Å². The van der Waals surface area contributed by atoms with E-state index in [2.05, 4.69) is 4.72 Å². The summed E-state index contributed by atoms with van der Waals surface area (Å²) in [6.07, 6.45) is 0.221. The number of nitrogens with zero attached hydrogens (tertiary/aromatic N) is 1. The van der Waals surface area contributed by atoms with Crippen molar-refractivity contribution in [3.05, 3.63) is 24.3 Å². The van der Waals surface area contributed by atoms with Crippen LogP contribution >= 0.6 is 0 Å². The van der Waals surface area contributed by atoms with Gasteiger partial charge in [0.25, 0.3) is 0 Å². The number of hydrogen-bond acceptors (Lipinski definition) is 5. The predicted molar refractivity (Wildman–Crippen MR) is 89.9 cm³/mol. The normalized spacial score (nSPS) is 26.1. The molecule has 2 aliphatic rings. The highest BCUT2D eigenvalue weighted by molar-refractivity contribution is 7.91. The van der Waals surface area contributed by atoms with E-state index in [1.54, 1.807) is 26.0 Å². The molecule has 0 spiro atoms. The Labute approximate surface area is 142 Å². The third kappa shape index (κ3) is 3.20. The minimum atomic E-state index is -3.60. The number of hydrogen-bond donors (Lipinski definition) is 1. The smallest absolute Gasteiger partial charge is 0.240 e. The molecule has 3 rings (SSSR count). The Hall–Kier alpha value is -1.45. The quantitative estimate of drug-likeness (QED) is 0.831. The molecule has 0 saturated carbocycles. The number of nitrogens with one attached hydrogen (secondary N) is 1. The minimum absolute atomic E-state index is 0.0294. The van der Waals surface area contributed by atoms with Gasteiger partial charge in [0, 0.05) is 24.1 Å². The Morgan fingerprint density at radius 3 is 2.38 bits per heavy atom. The van der Waals surface area contributed by atoms with Crippen molar-refractivity contribution < 1.29 is 21.6 Å². The van der Waals surface area contributed by atoms with Crippen molar-refractivity contribution >= 4 is 31.5 Å². The highest BCUT2D eigenvalue weighted by Gasteiger charge is 2.49. The van der Waals surface area contributed by atoms with Crippen molar-refractivity contribution in [1.29, 1.82) is 0 Å². The second kappa shape index (κ2) is 5.82. The van der Waals surface area contributed by atoms with Crippen LogP contribution in [0.25, 0.3) is 0 Å². The number of sulfone groups is 1. The van der Waals surface area contributed by atoms with E-state index in [4.69, 9.17) is 0 Å². The second-order valence-electron chi connectivity index (χ2n) is 6.64. The summed E-state index contributed by atoms with van der Waals surface area (Å²) >= 11 is 0. The number of carbonyl (C=O) groups excluding carboxylic acids is 1. The highest BCUT2D eigenvalue weighted by atomic mass is 32.2. The molecule has 1 amide bonds. The Bertz CT molecular complexity index is 860. The first-order valence-electron chi connectivity index (χ1n) is 7.74. The fourth-order valence-corrected chi connectivity index (χ4v) is 6.71. The molecule has 24 heavy (non-hydrogen) atoms. The molecule has 132 valence electrons. The van der Waals surface area contributed by atoms with E-state index in [-0.39, 0.29) is 46.7 Å². The maximum absolute atomic E-state index is 12.2. The van der Waals surface area contributed by atoms with Crippen molar-refractivity contribution in [2.45, 2.75) is 37.2 Å². The Morgan fingerprint density at radius 2 is 1.79 bits per heavy atom. The van der Waals surface area contributed by atoms with Gasteiger partial charge in [-0.2, -0.15) is 0 Å². The molecule has 2 heterocycles. The fourth-order valence-electron chi connectivity index (χ4n) is 3.39. The molecule has 9 heteroatoms. The Balaban J connectivity index is 1.87. The average Bonchev–Trinajstić information content (AvgIpc) is 2.87. The van der Waals surface area contributed by atoms with Crippen LogP contribution in [0, 0.1) is 5.92 Å². The number of anilines is 1. The Kier molecular flexibility index (Phi) is 4.21. The number of amides is 1. The summed E-state index contributed by atoms with van der Waals surface area (Å²) in [6.45, 7) is 3.46. The lowest BCUT2D eigenvalue weighted by molar-refractivity contribution is -0.117. The number of sulfonamides is 1. The van der Waals surface area contributed by atoms with Gasteiger partial charge in [-0.3, -0.25) is 4.79 Å². The van der Waals surface area contributed by atoms with E-state index >= 15 is 0 Å². The van der Waals surface area contributed by atoms with E-state index in [1.807, 2.05) is 0 Å². The number of carbonyl (C=O) groups is 1. The van der Waals surface area contributed by atoms with E-state index in [9.17, 15) is 21.6 Å². The second-order valence-corrected chi connectivity index (χ2v) is 10.5. The van der Waals surface area contributed by atoms with Crippen LogP contribution in [0.5, 0.6) is 0 Å². The minimum Gasteiger partial charge on any atom is -0.308 e. The molecule has 0 radical (unpaired) electrons. The third-order valence-corrected chi connectivity index (χ3v) is 7.75. The molecule has 0 bridgehead atoms. The van der Waals surface area contributed by atoms with Crippen LogP contribution in [0.3, 0.4) is 0 Å². The maximum Gasteiger partial charge on any atom is 0.240 e. The van der Waals surface area contributed by atoms with Crippen LogP contribution in [0.1, 0.15) is 20.3 Å². The number of rotatable bonds is 4. The molecule has 2 aliphatic heterocycles. The zero-order valence-electron chi connectivity index (χ0n) is 13.5. The van der Waals surface area contributed by atoms with Gasteiger partial charge in [0.1, 0.15) is 0 Å². The summed E-state index contributed by atoms with van der Waals surface area (Å²) < 4.78 is 50.3. The van der Waals surface area contributed by atoms with Crippen LogP contribution in [0.4, 0.5) is 5.69 Å². The van der Waals surface area contributed by atoms with Crippen LogP contribution in [0.15, 0.2) is 29.2 Å². The zero-order valence-corrected chi connectivity index (χ0v) is 15.1. The summed E-state index contributed by atoms with van der Waals surface area (Å²) in [5, 5.41) is 0. The largest absolute Gasteiger partial charge is 0.308 e. The molecule has 0 aromatic heterocycles. The van der Waals surface area contributed by atoms with Crippen molar-refractivity contribution in [1.82, 2.24) is 4.72 Å². The first kappa shape index (κ1) is 17.4. The van der Waals surface area contributed by atoms with Gasteiger partial charge in [0.05, 0.1) is 22.4 Å². The summed E-state index contributed by atoms with van der Waals surface area (Å²) in [5.74, 6) is -0.271. The van der Waals surface area contributed by atoms with Crippen molar-refractivity contribution in [2.24, 2.45) is 5.92 Å². The lowest BCUT2D eigenvalue weighted by Gasteiger charge is -2.23. The first-order chi connectivity index (χ1) is 11.1. The SMILES string of the molecule is CC(C)NS(=O)(=O)c1ccc(N2C(=O)C[C@@H]3CS(=O)(=O)C[C@H]32)cc1. The van der Waals surface area contributed by atoms with Crippen LogP contribution in [-0.2, 0) is 24.7 Å². The van der Waals surface area contributed by atoms with E-state index in [0.29, 0.717) is 5.69 Å². The standard InChI is InChI=1S/C15H20N2O5S2/c1-10(2)16-24(21,22)13-5-3-12(4-6-13)17-14-9-23(19,20)8-11(14)7-15(17)18/h3-6,10-11,14,16H,7-9H2,1-2H3/t11-,14-/m1/s1. The fraction of sp³-hybridized carbons (Fsp3) is 0.533. The number of fused-ring (bicyclic) bond motifs is 1. The monoisotopic (exact) mass is 372 g/mol. The van der Waals surface area contributed by atoms with Crippen LogP contribution < -0.4 is 9.62 Å². The summed E-state index contributed by atoms with van der Waals surface area (Å²) in [5.41, 5.74) is 0.535. The molecule has 1 aromatic rings. The summed E-state index contributed by atoms with van der Waals surface area (Å²) in [4.78, 5) is 13.8. The third-order valence-electron chi connectivity index (χ3n) is 4.29. The van der Waals surface area contributed by atoms with Crippen LogP contribution in [-0.4, -0.2) is 46.3 Å². The molecule has 2 fully saturated rings.